The molecule has 0 aliphatic carbocycles. The maximum Gasteiger partial charge on any atom is 0.365 e. The van der Waals surface area contributed by atoms with Crippen molar-refractivity contribution in [2.24, 2.45) is 7.05 Å². The molecule has 0 radical (unpaired) electrons. The first-order chi connectivity index (χ1) is 6.61. The van der Waals surface area contributed by atoms with Crippen LogP contribution in [0.1, 0.15) is 5.56 Å². The topological polar surface area (TPSA) is 44.3 Å². The van der Waals surface area contributed by atoms with Crippen LogP contribution in [0.3, 0.4) is 0 Å². The molecule has 2 rings (SSSR count). The van der Waals surface area contributed by atoms with Crippen LogP contribution in [0, 0.1) is 6.92 Å². The molecule has 0 fully saturated rings. The van der Waals surface area contributed by atoms with Gasteiger partial charge in [-0.3, -0.25) is 0 Å². The lowest BCUT2D eigenvalue weighted by molar-refractivity contribution is -0.651. The van der Waals surface area contributed by atoms with Gasteiger partial charge >= 0.3 is 5.88 Å². The second-order valence-corrected chi connectivity index (χ2v) is 3.42. The molecule has 14 heavy (non-hydrogen) atoms. The minimum Gasteiger partial charge on any atom is -0.507 e. The molecule has 0 bridgehead atoms. The van der Waals surface area contributed by atoms with Crippen molar-refractivity contribution in [1.82, 2.24) is 0 Å². The van der Waals surface area contributed by atoms with Gasteiger partial charge < -0.3 is 10.2 Å². The third-order valence-corrected chi connectivity index (χ3v) is 2.47. The number of hydrogen-bond donors (Lipinski definition) is 2. The van der Waals surface area contributed by atoms with Gasteiger partial charge in [0.05, 0.1) is 11.5 Å². The van der Waals surface area contributed by atoms with Crippen LogP contribution in [0.4, 0.5) is 0 Å². The van der Waals surface area contributed by atoms with Crippen molar-refractivity contribution in [3.8, 4) is 11.6 Å². The molecule has 1 heterocycles. The molecule has 2 aromatic rings. The quantitative estimate of drug-likeness (QED) is 0.616. The van der Waals surface area contributed by atoms with Crippen molar-refractivity contribution in [2.45, 2.75) is 6.92 Å². The van der Waals surface area contributed by atoms with Gasteiger partial charge in [-0.2, -0.15) is 4.57 Å². The number of aromatic nitrogens is 1. The molecule has 1 aromatic heterocycles. The first-order valence-electron chi connectivity index (χ1n) is 4.41. The number of phenolic OH excluding ortho intramolecular Hbond substituents is 1. The van der Waals surface area contributed by atoms with Crippen LogP contribution in [0.2, 0.25) is 0 Å². The minimum absolute atomic E-state index is 0.195. The fourth-order valence-corrected chi connectivity index (χ4v) is 1.70. The molecule has 3 heteroatoms. The Bertz CT molecular complexity index is 506. The van der Waals surface area contributed by atoms with Crippen LogP contribution < -0.4 is 4.57 Å². The average molecular weight is 190 g/mol. The largest absolute Gasteiger partial charge is 0.507 e. The smallest absolute Gasteiger partial charge is 0.365 e. The molecule has 72 valence electrons. The van der Waals surface area contributed by atoms with E-state index in [-0.39, 0.29) is 11.6 Å². The van der Waals surface area contributed by atoms with E-state index in [1.165, 1.54) is 0 Å². The SMILES string of the molecule is Cc1cc(O)[n+](C)c2cccc(O)c12. The van der Waals surface area contributed by atoms with Gasteiger partial charge in [0.2, 0.25) is 5.52 Å². The Balaban J connectivity index is 3.02. The summed E-state index contributed by atoms with van der Waals surface area (Å²) < 4.78 is 1.64. The molecular formula is C11H12NO2+. The third-order valence-electron chi connectivity index (χ3n) is 2.47. The van der Waals surface area contributed by atoms with Gasteiger partial charge in [-0.25, -0.2) is 0 Å². The van der Waals surface area contributed by atoms with Crippen molar-refractivity contribution in [1.29, 1.82) is 0 Å². The Hall–Kier alpha value is -1.77. The summed E-state index contributed by atoms with van der Waals surface area (Å²) >= 11 is 0. The van der Waals surface area contributed by atoms with Gasteiger partial charge in [-0.1, -0.05) is 6.07 Å². The van der Waals surface area contributed by atoms with Gasteiger partial charge in [0.1, 0.15) is 12.8 Å². The zero-order valence-electron chi connectivity index (χ0n) is 8.15. The summed E-state index contributed by atoms with van der Waals surface area (Å²) in [5.74, 6) is 0.441. The van der Waals surface area contributed by atoms with E-state index in [9.17, 15) is 10.2 Å². The fraction of sp³-hybridized carbons (Fsp3) is 0.182. The molecule has 0 aliphatic heterocycles. The molecule has 0 spiro atoms. The van der Waals surface area contributed by atoms with Gasteiger partial charge in [0.15, 0.2) is 0 Å². The maximum atomic E-state index is 9.67. The Morgan fingerprint density at radius 2 is 1.93 bits per heavy atom. The van der Waals surface area contributed by atoms with Gasteiger partial charge in [0.25, 0.3) is 0 Å². The molecule has 0 saturated heterocycles. The Labute approximate surface area is 81.9 Å². The van der Waals surface area contributed by atoms with E-state index in [2.05, 4.69) is 0 Å². The Morgan fingerprint density at radius 3 is 2.64 bits per heavy atom. The monoisotopic (exact) mass is 190 g/mol. The summed E-state index contributed by atoms with van der Waals surface area (Å²) in [7, 11) is 1.76. The number of aryl methyl sites for hydroxylation is 2. The number of rotatable bonds is 0. The number of hydrogen-bond acceptors (Lipinski definition) is 2. The van der Waals surface area contributed by atoms with Crippen LogP contribution in [-0.4, -0.2) is 10.2 Å². The molecule has 0 atom stereocenters. The predicted molar refractivity (Wildman–Crippen MR) is 53.2 cm³/mol. The molecule has 0 amide bonds. The van der Waals surface area contributed by atoms with Crippen LogP contribution in [-0.2, 0) is 7.05 Å². The number of fused-ring (bicyclic) bond motifs is 1. The van der Waals surface area contributed by atoms with Crippen molar-refractivity contribution in [3.05, 3.63) is 29.8 Å². The van der Waals surface area contributed by atoms with Crippen LogP contribution >= 0.6 is 0 Å². The highest BCUT2D eigenvalue weighted by atomic mass is 16.3. The summed E-state index contributed by atoms with van der Waals surface area (Å²) in [5.41, 5.74) is 1.69. The van der Waals surface area contributed by atoms with Gasteiger partial charge in [-0.05, 0) is 18.6 Å². The maximum absolute atomic E-state index is 9.67. The normalized spacial score (nSPS) is 10.7. The van der Waals surface area contributed by atoms with E-state index in [4.69, 9.17) is 0 Å². The average Bonchev–Trinajstić information content (AvgIpc) is 2.14. The van der Waals surface area contributed by atoms with Crippen LogP contribution in [0.25, 0.3) is 10.9 Å². The Kier molecular flexibility index (Phi) is 1.81. The molecule has 3 nitrogen and oxygen atoms in total. The number of benzene rings is 1. The zero-order valence-corrected chi connectivity index (χ0v) is 8.15. The Morgan fingerprint density at radius 1 is 1.21 bits per heavy atom. The molecule has 0 saturated carbocycles. The lowest BCUT2D eigenvalue weighted by atomic mass is 10.1. The number of phenols is 1. The van der Waals surface area contributed by atoms with Gasteiger partial charge in [0, 0.05) is 6.07 Å². The lowest BCUT2D eigenvalue weighted by Gasteiger charge is -2.03. The third kappa shape index (κ3) is 1.09. The number of aromatic hydroxyl groups is 2. The molecule has 1 aromatic carbocycles. The zero-order chi connectivity index (χ0) is 10.3. The second-order valence-electron chi connectivity index (χ2n) is 3.42. The minimum atomic E-state index is 0.195. The summed E-state index contributed by atoms with van der Waals surface area (Å²) in [6.07, 6.45) is 0. The summed E-state index contributed by atoms with van der Waals surface area (Å²) in [6.45, 7) is 1.86. The molecule has 0 unspecified atom stereocenters. The van der Waals surface area contributed by atoms with E-state index in [1.54, 1.807) is 29.8 Å². The number of nitrogens with zero attached hydrogens (tertiary/aromatic N) is 1. The second kappa shape index (κ2) is 2.87. The van der Waals surface area contributed by atoms with Crippen LogP contribution in [0.5, 0.6) is 11.6 Å². The predicted octanol–water partition coefficient (Wildman–Crippen LogP) is 1.38. The molecule has 2 N–H and O–H groups in total. The highest BCUT2D eigenvalue weighted by Gasteiger charge is 2.15. The highest BCUT2D eigenvalue weighted by molar-refractivity contribution is 5.85. The van der Waals surface area contributed by atoms with Crippen molar-refractivity contribution >= 4 is 10.9 Å². The standard InChI is InChI=1S/C11H11NO2/c1-7-6-10(14)12(2)8-4-3-5-9(13)11(7)8/h3-6H,1-2H3,(H,13,14)/p+1. The van der Waals surface area contributed by atoms with E-state index in [1.807, 2.05) is 13.0 Å². The number of pyridine rings is 1. The van der Waals surface area contributed by atoms with Crippen molar-refractivity contribution in [2.75, 3.05) is 0 Å². The highest BCUT2D eigenvalue weighted by Crippen LogP contribution is 2.26. The first-order valence-corrected chi connectivity index (χ1v) is 4.41. The lowest BCUT2D eigenvalue weighted by Crippen LogP contribution is -2.29. The van der Waals surface area contributed by atoms with Crippen molar-refractivity contribution in [3.63, 3.8) is 0 Å². The summed E-state index contributed by atoms with van der Waals surface area (Å²) in [5, 5.41) is 20.0. The summed E-state index contributed by atoms with van der Waals surface area (Å²) in [6, 6.07) is 6.91. The first kappa shape index (κ1) is 8.81. The fourth-order valence-electron chi connectivity index (χ4n) is 1.70. The van der Waals surface area contributed by atoms with Gasteiger partial charge in [-0.15, -0.1) is 0 Å². The molecular weight excluding hydrogens is 178 g/mol. The van der Waals surface area contributed by atoms with E-state index in [0.29, 0.717) is 0 Å². The van der Waals surface area contributed by atoms with Crippen LogP contribution in [0.15, 0.2) is 24.3 Å². The molecule has 0 aliphatic rings. The van der Waals surface area contributed by atoms with E-state index >= 15 is 0 Å². The van der Waals surface area contributed by atoms with E-state index < -0.39 is 0 Å². The summed E-state index contributed by atoms with van der Waals surface area (Å²) in [4.78, 5) is 0. The van der Waals surface area contributed by atoms with E-state index in [0.717, 1.165) is 16.5 Å². The van der Waals surface area contributed by atoms with Crippen molar-refractivity contribution < 1.29 is 14.8 Å².